The Balaban J connectivity index is 1.61. The third kappa shape index (κ3) is 4.44. The lowest BCUT2D eigenvalue weighted by molar-refractivity contribution is 0.0702. The number of rotatable bonds is 4. The molecule has 0 saturated carbocycles. The fraction of sp³-hybridized carbons (Fsp3) is 0.286. The van der Waals surface area contributed by atoms with Gasteiger partial charge in [0.25, 0.3) is 17.4 Å². The highest BCUT2D eigenvalue weighted by molar-refractivity contribution is 6.31. The van der Waals surface area contributed by atoms with Gasteiger partial charge in [0.15, 0.2) is 5.69 Å². The van der Waals surface area contributed by atoms with Crippen LogP contribution in [0.2, 0.25) is 5.02 Å². The van der Waals surface area contributed by atoms with Gasteiger partial charge in [0.2, 0.25) is 5.75 Å². The van der Waals surface area contributed by atoms with Crippen molar-refractivity contribution in [3.05, 3.63) is 68.9 Å². The summed E-state index contributed by atoms with van der Waals surface area (Å²) in [5.74, 6) is -2.68. The van der Waals surface area contributed by atoms with Gasteiger partial charge in [-0.2, -0.15) is 0 Å². The maximum absolute atomic E-state index is 13.5. The molecule has 2 amide bonds. The number of aromatic nitrogens is 3. The maximum atomic E-state index is 13.5. The van der Waals surface area contributed by atoms with E-state index in [-0.39, 0.29) is 40.5 Å². The first-order valence-corrected chi connectivity index (χ1v) is 10.4. The van der Waals surface area contributed by atoms with Crippen molar-refractivity contribution in [1.29, 1.82) is 0 Å². The smallest absolute Gasteiger partial charge is 0.296 e. The Morgan fingerprint density at radius 2 is 2.15 bits per heavy atom. The van der Waals surface area contributed by atoms with Crippen LogP contribution in [0.3, 0.4) is 0 Å². The van der Waals surface area contributed by atoms with Crippen LogP contribution >= 0.6 is 11.6 Å². The molecule has 33 heavy (non-hydrogen) atoms. The number of benzene rings is 1. The van der Waals surface area contributed by atoms with Gasteiger partial charge in [-0.3, -0.25) is 19.0 Å². The Morgan fingerprint density at radius 3 is 2.85 bits per heavy atom. The van der Waals surface area contributed by atoms with E-state index in [1.54, 1.807) is 4.90 Å². The van der Waals surface area contributed by atoms with Crippen LogP contribution in [0.5, 0.6) is 5.75 Å². The number of halogens is 2. The van der Waals surface area contributed by atoms with E-state index in [4.69, 9.17) is 11.6 Å². The summed E-state index contributed by atoms with van der Waals surface area (Å²) in [6, 6.07) is 3.75. The molecule has 172 valence electrons. The van der Waals surface area contributed by atoms with Crippen LogP contribution in [0.4, 0.5) is 10.1 Å². The lowest BCUT2D eigenvalue weighted by atomic mass is 9.96. The molecule has 0 radical (unpaired) electrons. The number of piperidine rings is 1. The predicted octanol–water partition coefficient (Wildman–Crippen LogP) is 2.54. The zero-order valence-electron chi connectivity index (χ0n) is 17.4. The largest absolute Gasteiger partial charge is 0.501 e. The fourth-order valence-corrected chi connectivity index (χ4v) is 3.95. The molecule has 1 aromatic carbocycles. The number of hydrogen-bond acceptors (Lipinski definition) is 7. The summed E-state index contributed by atoms with van der Waals surface area (Å²) in [6.07, 6.45) is 3.66. The molecule has 1 fully saturated rings. The Kier molecular flexibility index (Phi) is 6.14. The summed E-state index contributed by atoms with van der Waals surface area (Å²) in [6.45, 7) is 0.669. The number of aromatic hydroxyl groups is 1. The molecule has 0 aliphatic carbocycles. The van der Waals surface area contributed by atoms with Gasteiger partial charge in [0.1, 0.15) is 23.6 Å². The molecule has 1 saturated heterocycles. The minimum absolute atomic E-state index is 0.152. The second-order valence-electron chi connectivity index (χ2n) is 7.62. The van der Waals surface area contributed by atoms with Crippen LogP contribution in [0.1, 0.15) is 45.4 Å². The van der Waals surface area contributed by atoms with Crippen molar-refractivity contribution >= 4 is 29.1 Å². The van der Waals surface area contributed by atoms with Gasteiger partial charge < -0.3 is 19.8 Å². The lowest BCUT2D eigenvalue weighted by Crippen LogP contribution is -2.41. The first-order chi connectivity index (χ1) is 15.8. The Hall–Kier alpha value is -3.73. The van der Waals surface area contributed by atoms with Gasteiger partial charge in [-0.15, -0.1) is 0 Å². The van der Waals surface area contributed by atoms with Crippen molar-refractivity contribution in [3.63, 3.8) is 0 Å². The van der Waals surface area contributed by atoms with Crippen molar-refractivity contribution < 1.29 is 23.6 Å². The van der Waals surface area contributed by atoms with Crippen molar-refractivity contribution in [1.82, 2.24) is 19.6 Å². The summed E-state index contributed by atoms with van der Waals surface area (Å²) >= 11 is 5.81. The van der Waals surface area contributed by atoms with Crippen LogP contribution in [-0.2, 0) is 7.05 Å². The number of nitrogens with zero attached hydrogens (tertiary/aromatic N) is 4. The molecule has 1 atom stereocenters. The van der Waals surface area contributed by atoms with Gasteiger partial charge >= 0.3 is 0 Å². The molecule has 10 nitrogen and oxygen atoms in total. The number of likely N-dealkylation sites (tertiary alicyclic amines) is 1. The molecule has 0 spiro atoms. The summed E-state index contributed by atoms with van der Waals surface area (Å²) < 4.78 is 19.3. The van der Waals surface area contributed by atoms with Crippen LogP contribution in [0, 0.1) is 5.82 Å². The summed E-state index contributed by atoms with van der Waals surface area (Å²) in [7, 11) is 1.44. The second kappa shape index (κ2) is 9.02. The monoisotopic (exact) mass is 475 g/mol. The normalized spacial score (nSPS) is 16.0. The van der Waals surface area contributed by atoms with Crippen molar-refractivity contribution in [3.8, 4) is 5.75 Å². The molecule has 12 heteroatoms. The molecule has 0 bridgehead atoms. The number of amides is 2. The molecular formula is C21H19ClFN5O5. The van der Waals surface area contributed by atoms with E-state index in [1.807, 2.05) is 0 Å². The topological polar surface area (TPSA) is 131 Å². The van der Waals surface area contributed by atoms with E-state index in [0.717, 1.165) is 6.07 Å². The minimum atomic E-state index is -0.806. The fourth-order valence-electron chi connectivity index (χ4n) is 3.77. The molecule has 4 rings (SSSR count). The molecule has 1 aliphatic heterocycles. The Labute approximate surface area is 191 Å². The highest BCUT2D eigenvalue weighted by Crippen LogP contribution is 2.28. The van der Waals surface area contributed by atoms with E-state index in [0.29, 0.717) is 19.4 Å². The molecular weight excluding hydrogens is 457 g/mol. The highest BCUT2D eigenvalue weighted by atomic mass is 35.5. The number of anilines is 1. The molecule has 2 aromatic heterocycles. The summed E-state index contributed by atoms with van der Waals surface area (Å²) in [5.41, 5.74) is -0.758. The molecule has 3 heterocycles. The molecule has 0 unspecified atom stereocenters. The van der Waals surface area contributed by atoms with E-state index < -0.39 is 28.7 Å². The minimum Gasteiger partial charge on any atom is -0.501 e. The van der Waals surface area contributed by atoms with Crippen LogP contribution < -0.4 is 10.9 Å². The first-order valence-electron chi connectivity index (χ1n) is 10.0. The Bertz CT molecular complexity index is 1280. The predicted molar refractivity (Wildman–Crippen MR) is 115 cm³/mol. The zero-order chi connectivity index (χ0) is 23.7. The van der Waals surface area contributed by atoms with Gasteiger partial charge in [-0.25, -0.2) is 9.37 Å². The quantitative estimate of drug-likeness (QED) is 0.592. The van der Waals surface area contributed by atoms with E-state index in [1.165, 1.54) is 36.2 Å². The van der Waals surface area contributed by atoms with Gasteiger partial charge in [-0.05, 0) is 31.0 Å². The van der Waals surface area contributed by atoms with Crippen molar-refractivity contribution in [2.45, 2.75) is 18.8 Å². The van der Waals surface area contributed by atoms with Crippen molar-refractivity contribution in [2.75, 3.05) is 18.4 Å². The zero-order valence-corrected chi connectivity index (χ0v) is 18.2. The average molecular weight is 476 g/mol. The van der Waals surface area contributed by atoms with Crippen LogP contribution in [0.15, 0.2) is 40.0 Å². The molecule has 1 aliphatic rings. The molecule has 3 aromatic rings. The van der Waals surface area contributed by atoms with E-state index in [2.05, 4.69) is 20.0 Å². The molecule has 2 N–H and O–H groups in total. The second-order valence-corrected chi connectivity index (χ2v) is 8.03. The third-order valence-electron chi connectivity index (χ3n) is 5.45. The average Bonchev–Trinajstić information content (AvgIpc) is 3.32. The lowest BCUT2D eigenvalue weighted by Gasteiger charge is -2.33. The van der Waals surface area contributed by atoms with E-state index >= 15 is 0 Å². The Morgan fingerprint density at radius 1 is 1.36 bits per heavy atom. The maximum Gasteiger partial charge on any atom is 0.296 e. The van der Waals surface area contributed by atoms with Crippen molar-refractivity contribution in [2.24, 2.45) is 7.05 Å². The van der Waals surface area contributed by atoms with Gasteiger partial charge in [-0.1, -0.05) is 16.8 Å². The first kappa shape index (κ1) is 22.5. The third-order valence-corrected chi connectivity index (χ3v) is 5.74. The highest BCUT2D eigenvalue weighted by Gasteiger charge is 2.30. The SMILES string of the molecule is Cn1c([C@H]2CCCN(C(=O)c3ccc(F)c(Cl)c3)C2)nc(C(=O)Nc2cnoc2)c(O)c1=O. The number of hydrogen-bond donors (Lipinski definition) is 2. The van der Waals surface area contributed by atoms with Gasteiger partial charge in [0, 0.05) is 31.6 Å². The summed E-state index contributed by atoms with van der Waals surface area (Å²) in [4.78, 5) is 44.0. The van der Waals surface area contributed by atoms with Gasteiger partial charge in [0.05, 0.1) is 11.2 Å². The number of carbonyl (C=O) groups is 2. The summed E-state index contributed by atoms with van der Waals surface area (Å²) in [5, 5.41) is 16.0. The number of carbonyl (C=O) groups excluding carboxylic acids is 2. The number of nitrogens with one attached hydrogen (secondary N) is 1. The van der Waals surface area contributed by atoms with Crippen LogP contribution in [0.25, 0.3) is 0 Å². The standard InChI is InChI=1S/C21H19ClFN5O5/c1-27-18(26-16(17(29)21(27)32)19(30)25-13-8-24-33-10-13)12-3-2-6-28(9-12)20(31)11-4-5-15(23)14(22)7-11/h4-5,7-8,10,12,29H,2-3,6,9H2,1H3,(H,25,30)/t12-/m0/s1. The van der Waals surface area contributed by atoms with Crippen LogP contribution in [-0.4, -0.2) is 49.6 Å². The van der Waals surface area contributed by atoms with E-state index in [9.17, 15) is 23.9 Å².